The van der Waals surface area contributed by atoms with E-state index < -0.39 is 5.97 Å². The molecule has 0 aliphatic rings. The Labute approximate surface area is 93.5 Å². The number of aldehydes is 1. The molecule has 0 aliphatic heterocycles. The van der Waals surface area contributed by atoms with Crippen molar-refractivity contribution in [1.29, 1.82) is 0 Å². The molecular formula is C9H10LiNO3. The normalized spacial score (nSPS) is 8.57. The van der Waals surface area contributed by atoms with Crippen LogP contribution in [-0.2, 0) is 4.79 Å². The Morgan fingerprint density at radius 3 is 2.64 bits per heavy atom. The Morgan fingerprint density at radius 2 is 2.07 bits per heavy atom. The van der Waals surface area contributed by atoms with Crippen LogP contribution in [0.2, 0.25) is 0 Å². The van der Waals surface area contributed by atoms with E-state index in [1.54, 1.807) is 24.3 Å². The number of aliphatic carboxylic acids is 1. The van der Waals surface area contributed by atoms with Crippen molar-refractivity contribution in [2.24, 2.45) is 0 Å². The van der Waals surface area contributed by atoms with Gasteiger partial charge < -0.3 is 10.4 Å². The number of para-hydroxylation sites is 1. The zero-order valence-corrected chi connectivity index (χ0v) is 6.86. The van der Waals surface area contributed by atoms with Gasteiger partial charge in [0.25, 0.3) is 0 Å². The first-order valence-corrected chi connectivity index (χ1v) is 3.74. The topological polar surface area (TPSA) is 66.4 Å². The average Bonchev–Trinajstić information content (AvgIpc) is 2.15. The van der Waals surface area contributed by atoms with Gasteiger partial charge in [0, 0.05) is 11.3 Å². The summed E-state index contributed by atoms with van der Waals surface area (Å²) in [5.74, 6) is -0.958. The van der Waals surface area contributed by atoms with E-state index in [1.807, 2.05) is 0 Å². The van der Waals surface area contributed by atoms with Crippen molar-refractivity contribution in [2.75, 3.05) is 11.9 Å². The molecule has 0 radical (unpaired) electrons. The number of carbonyl (C=O) groups excluding carboxylic acids is 1. The molecule has 0 saturated carbocycles. The molecule has 0 aromatic heterocycles. The van der Waals surface area contributed by atoms with Crippen molar-refractivity contribution in [3.05, 3.63) is 29.8 Å². The van der Waals surface area contributed by atoms with E-state index >= 15 is 0 Å². The summed E-state index contributed by atoms with van der Waals surface area (Å²) < 4.78 is 0. The molecule has 4 nitrogen and oxygen atoms in total. The summed E-state index contributed by atoms with van der Waals surface area (Å²) in [5, 5.41) is 11.0. The van der Waals surface area contributed by atoms with E-state index in [-0.39, 0.29) is 25.4 Å². The number of anilines is 1. The molecule has 70 valence electrons. The molecule has 1 rings (SSSR count). The fourth-order valence-electron chi connectivity index (χ4n) is 0.932. The van der Waals surface area contributed by atoms with Crippen LogP contribution >= 0.6 is 0 Å². The molecule has 0 heterocycles. The maximum absolute atomic E-state index is 10.5. The second kappa shape index (κ2) is 6.25. The van der Waals surface area contributed by atoms with Crippen LogP contribution in [0.1, 0.15) is 10.4 Å². The SMILES string of the molecule is O=Cc1ccccc1NCC(=O)O.[LiH]. The van der Waals surface area contributed by atoms with Gasteiger partial charge in [0.05, 0.1) is 0 Å². The minimum absolute atomic E-state index is 0. The quantitative estimate of drug-likeness (QED) is 0.527. The molecule has 5 heteroatoms. The van der Waals surface area contributed by atoms with Crippen molar-refractivity contribution in [3.63, 3.8) is 0 Å². The van der Waals surface area contributed by atoms with Crippen molar-refractivity contribution < 1.29 is 14.7 Å². The summed E-state index contributed by atoms with van der Waals surface area (Å²) in [6, 6.07) is 6.73. The second-order valence-corrected chi connectivity index (χ2v) is 2.45. The van der Waals surface area contributed by atoms with Crippen LogP contribution in [0, 0.1) is 0 Å². The fourth-order valence-corrected chi connectivity index (χ4v) is 0.932. The molecule has 1 aromatic carbocycles. The molecular weight excluding hydrogens is 177 g/mol. The first-order valence-electron chi connectivity index (χ1n) is 3.74. The van der Waals surface area contributed by atoms with E-state index in [2.05, 4.69) is 5.32 Å². The number of hydrogen-bond donors (Lipinski definition) is 2. The van der Waals surface area contributed by atoms with Crippen LogP contribution in [0.15, 0.2) is 24.3 Å². The Kier molecular flexibility index (Phi) is 5.69. The molecule has 0 unspecified atom stereocenters. The molecule has 0 amide bonds. The number of carboxylic acids is 1. The molecule has 0 aliphatic carbocycles. The monoisotopic (exact) mass is 187 g/mol. The molecule has 0 atom stereocenters. The number of carboxylic acid groups (broad SMARTS) is 1. The number of hydrogen-bond acceptors (Lipinski definition) is 3. The Balaban J connectivity index is 0.00000169. The Morgan fingerprint density at radius 1 is 1.43 bits per heavy atom. The summed E-state index contributed by atoms with van der Waals surface area (Å²) >= 11 is 0. The van der Waals surface area contributed by atoms with Gasteiger partial charge in [0.2, 0.25) is 0 Å². The van der Waals surface area contributed by atoms with E-state index in [0.717, 1.165) is 0 Å². The zero-order chi connectivity index (χ0) is 9.68. The van der Waals surface area contributed by atoms with Gasteiger partial charge in [-0.25, -0.2) is 0 Å². The van der Waals surface area contributed by atoms with Gasteiger partial charge in [0.15, 0.2) is 6.29 Å². The third-order valence-corrected chi connectivity index (χ3v) is 1.52. The maximum atomic E-state index is 10.5. The fraction of sp³-hybridized carbons (Fsp3) is 0.111. The third-order valence-electron chi connectivity index (χ3n) is 1.52. The summed E-state index contributed by atoms with van der Waals surface area (Å²) in [4.78, 5) is 20.7. The van der Waals surface area contributed by atoms with Crippen molar-refractivity contribution in [1.82, 2.24) is 0 Å². The van der Waals surface area contributed by atoms with Crippen molar-refractivity contribution >= 4 is 36.8 Å². The minimum atomic E-state index is -0.958. The van der Waals surface area contributed by atoms with Crippen LogP contribution < -0.4 is 5.32 Å². The van der Waals surface area contributed by atoms with Crippen LogP contribution in [0.25, 0.3) is 0 Å². The summed E-state index contributed by atoms with van der Waals surface area (Å²) in [6.07, 6.45) is 0.685. The zero-order valence-electron chi connectivity index (χ0n) is 6.86. The molecule has 14 heavy (non-hydrogen) atoms. The predicted octanol–water partition coefficient (Wildman–Crippen LogP) is 0.347. The molecule has 0 spiro atoms. The number of nitrogens with one attached hydrogen (secondary N) is 1. The number of rotatable bonds is 4. The van der Waals surface area contributed by atoms with Crippen molar-refractivity contribution in [3.8, 4) is 0 Å². The Bertz CT molecular complexity index is 328. The van der Waals surface area contributed by atoms with E-state index in [9.17, 15) is 9.59 Å². The van der Waals surface area contributed by atoms with Gasteiger partial charge in [-0.2, -0.15) is 0 Å². The average molecular weight is 187 g/mol. The van der Waals surface area contributed by atoms with Gasteiger partial charge in [-0.05, 0) is 12.1 Å². The van der Waals surface area contributed by atoms with Gasteiger partial charge in [-0.15, -0.1) is 0 Å². The predicted molar refractivity (Wildman–Crippen MR) is 55.1 cm³/mol. The molecule has 1 aromatic rings. The number of benzene rings is 1. The van der Waals surface area contributed by atoms with Crippen LogP contribution in [0.4, 0.5) is 5.69 Å². The van der Waals surface area contributed by atoms with E-state index in [4.69, 9.17) is 5.11 Å². The van der Waals surface area contributed by atoms with Gasteiger partial charge in [0.1, 0.15) is 6.54 Å². The molecule has 2 N–H and O–H groups in total. The first kappa shape index (κ1) is 12.8. The standard InChI is InChI=1S/C9H9NO3.Li.H/c11-6-7-3-1-2-4-8(7)10-5-9(12)13;;/h1-4,6,10H,5H2,(H,12,13);;. The molecule has 0 fully saturated rings. The van der Waals surface area contributed by atoms with E-state index in [0.29, 0.717) is 17.5 Å². The second-order valence-electron chi connectivity index (χ2n) is 2.45. The number of carbonyl (C=O) groups is 2. The van der Waals surface area contributed by atoms with Gasteiger partial charge in [-0.3, -0.25) is 9.59 Å². The third kappa shape index (κ3) is 3.65. The summed E-state index contributed by atoms with van der Waals surface area (Å²) in [6.45, 7) is -0.190. The first-order chi connectivity index (χ1) is 6.24. The summed E-state index contributed by atoms with van der Waals surface area (Å²) in [7, 11) is 0. The van der Waals surface area contributed by atoms with Crippen molar-refractivity contribution in [2.45, 2.75) is 0 Å². The van der Waals surface area contributed by atoms with Crippen LogP contribution in [0.3, 0.4) is 0 Å². The molecule has 0 saturated heterocycles. The van der Waals surface area contributed by atoms with Crippen LogP contribution in [-0.4, -0.2) is 42.8 Å². The van der Waals surface area contributed by atoms with Gasteiger partial charge >= 0.3 is 24.8 Å². The Hall–Kier alpha value is -1.24. The molecule has 0 bridgehead atoms. The summed E-state index contributed by atoms with van der Waals surface area (Å²) in [5.41, 5.74) is 1.00. The van der Waals surface area contributed by atoms with E-state index in [1.165, 1.54) is 0 Å². The van der Waals surface area contributed by atoms with Gasteiger partial charge in [-0.1, -0.05) is 12.1 Å². The van der Waals surface area contributed by atoms with Crippen LogP contribution in [0.5, 0.6) is 0 Å².